The number of nitrogens with one attached hydrogen (secondary N) is 2. The Morgan fingerprint density at radius 2 is 1.77 bits per heavy atom. The zero-order valence-electron chi connectivity index (χ0n) is 17.7. The molecule has 7 nitrogen and oxygen atoms in total. The second-order valence-corrected chi connectivity index (χ2v) is 7.92. The summed E-state index contributed by atoms with van der Waals surface area (Å²) in [6.45, 7) is 5.00. The van der Waals surface area contributed by atoms with Crippen LogP contribution in [0, 0.1) is 5.82 Å². The Morgan fingerprint density at radius 1 is 1.10 bits per heavy atom. The second kappa shape index (κ2) is 8.39. The fourth-order valence-corrected chi connectivity index (χ4v) is 3.36. The molecule has 2 heterocycles. The zero-order chi connectivity index (χ0) is 22.0. The van der Waals surface area contributed by atoms with Gasteiger partial charge in [-0.1, -0.05) is 24.3 Å². The summed E-state index contributed by atoms with van der Waals surface area (Å²) in [5.74, 6) is 1.45. The molecule has 0 saturated carbocycles. The van der Waals surface area contributed by atoms with Crippen LogP contribution in [0.3, 0.4) is 0 Å². The van der Waals surface area contributed by atoms with Gasteiger partial charge in [-0.25, -0.2) is 9.37 Å². The number of rotatable bonds is 7. The van der Waals surface area contributed by atoms with Crippen LogP contribution in [0.5, 0.6) is 5.75 Å². The summed E-state index contributed by atoms with van der Waals surface area (Å²) >= 11 is 0. The Hall–Kier alpha value is -3.39. The molecular formula is C23H25FN4O3. The molecule has 0 bridgehead atoms. The van der Waals surface area contributed by atoms with E-state index in [1.54, 1.807) is 19.2 Å². The number of halogens is 1. The van der Waals surface area contributed by atoms with Crippen molar-refractivity contribution in [3.8, 4) is 5.75 Å². The number of carbonyl (C=O) groups is 1. The van der Waals surface area contributed by atoms with Gasteiger partial charge < -0.3 is 24.7 Å². The normalized spacial score (nSPS) is 13.7. The third-order valence-corrected chi connectivity index (χ3v) is 5.26. The van der Waals surface area contributed by atoms with Gasteiger partial charge >= 0.3 is 0 Å². The first-order chi connectivity index (χ1) is 14.9. The van der Waals surface area contributed by atoms with E-state index in [2.05, 4.69) is 10.3 Å². The van der Waals surface area contributed by atoms with Crippen molar-refractivity contribution in [1.29, 1.82) is 0 Å². The molecule has 2 N–H and O–H groups in total. The van der Waals surface area contributed by atoms with Crippen molar-refractivity contribution in [2.45, 2.75) is 32.6 Å². The Labute approximate surface area is 180 Å². The first kappa shape index (κ1) is 20.9. The maximum Gasteiger partial charge on any atom is 0.272 e. The van der Waals surface area contributed by atoms with E-state index in [1.165, 1.54) is 12.1 Å². The zero-order valence-corrected chi connectivity index (χ0v) is 17.7. The molecule has 0 aliphatic carbocycles. The molecule has 0 atom stereocenters. The van der Waals surface area contributed by atoms with E-state index in [9.17, 15) is 9.18 Å². The second-order valence-electron chi connectivity index (χ2n) is 7.92. The number of H-pyrrole nitrogens is 1. The molecule has 1 aromatic heterocycles. The molecular weight excluding hydrogens is 399 g/mol. The van der Waals surface area contributed by atoms with E-state index in [0.717, 1.165) is 16.9 Å². The number of anilines is 1. The van der Waals surface area contributed by atoms with Crippen LogP contribution in [0.25, 0.3) is 0 Å². The van der Waals surface area contributed by atoms with E-state index < -0.39 is 5.60 Å². The lowest BCUT2D eigenvalue weighted by atomic mass is 10.1. The van der Waals surface area contributed by atoms with Crippen molar-refractivity contribution >= 4 is 11.7 Å². The largest absolute Gasteiger partial charge is 0.497 e. The number of hydrogen-bond donors (Lipinski definition) is 2. The molecule has 2 aromatic carbocycles. The number of aromatic nitrogens is 2. The van der Waals surface area contributed by atoms with Gasteiger partial charge in [0.15, 0.2) is 5.82 Å². The van der Waals surface area contributed by atoms with Crippen LogP contribution in [-0.4, -0.2) is 29.7 Å². The molecule has 0 unspecified atom stereocenters. The number of ether oxygens (including phenoxy) is 2. The molecule has 8 heteroatoms. The number of amides is 1. The number of nitrogens with zero attached hydrogens (tertiary/aromatic N) is 2. The maximum absolute atomic E-state index is 13.1. The van der Waals surface area contributed by atoms with Crippen molar-refractivity contribution in [3.63, 3.8) is 0 Å². The van der Waals surface area contributed by atoms with Gasteiger partial charge in [0, 0.05) is 6.54 Å². The number of fused-ring (bicyclic) bond motifs is 1. The molecule has 1 amide bonds. The van der Waals surface area contributed by atoms with Gasteiger partial charge in [0.25, 0.3) is 5.91 Å². The summed E-state index contributed by atoms with van der Waals surface area (Å²) in [6, 6.07) is 13.9. The third kappa shape index (κ3) is 4.54. The number of aromatic amines is 1. The Morgan fingerprint density at radius 3 is 2.45 bits per heavy atom. The number of benzene rings is 2. The lowest BCUT2D eigenvalue weighted by Gasteiger charge is -2.27. The fraction of sp³-hybridized carbons (Fsp3) is 0.304. The number of carbonyl (C=O) groups excluding carboxylic acids is 1. The van der Waals surface area contributed by atoms with Crippen LogP contribution in [-0.2, 0) is 23.5 Å². The highest BCUT2D eigenvalue weighted by molar-refractivity contribution is 5.99. The van der Waals surface area contributed by atoms with E-state index in [4.69, 9.17) is 14.5 Å². The van der Waals surface area contributed by atoms with Crippen LogP contribution in [0.2, 0.25) is 0 Å². The van der Waals surface area contributed by atoms with Crippen LogP contribution in [0.1, 0.15) is 41.3 Å². The summed E-state index contributed by atoms with van der Waals surface area (Å²) < 4.78 is 24.4. The predicted octanol–water partition coefficient (Wildman–Crippen LogP) is 3.72. The first-order valence-electron chi connectivity index (χ1n) is 10.0. The quantitative estimate of drug-likeness (QED) is 0.604. The summed E-state index contributed by atoms with van der Waals surface area (Å²) in [6.07, 6.45) is 0. The van der Waals surface area contributed by atoms with E-state index in [-0.39, 0.29) is 11.7 Å². The highest BCUT2D eigenvalue weighted by Gasteiger charge is 2.33. The molecule has 4 rings (SSSR count). The molecule has 3 aromatic rings. The number of imidazole rings is 1. The molecule has 0 radical (unpaired) electrons. The fourth-order valence-electron chi connectivity index (χ4n) is 3.36. The lowest BCUT2D eigenvalue weighted by Crippen LogP contribution is -2.43. The third-order valence-electron chi connectivity index (χ3n) is 5.26. The Bertz CT molecular complexity index is 1060. The molecule has 0 spiro atoms. The molecule has 162 valence electrons. The van der Waals surface area contributed by atoms with Gasteiger partial charge in [-0.3, -0.25) is 4.79 Å². The highest BCUT2D eigenvalue weighted by atomic mass is 19.1. The van der Waals surface area contributed by atoms with Crippen LogP contribution in [0.4, 0.5) is 10.2 Å². The average Bonchev–Trinajstić information content (AvgIpc) is 3.24. The van der Waals surface area contributed by atoms with Gasteiger partial charge in [-0.15, -0.1) is 0 Å². The van der Waals surface area contributed by atoms with Crippen LogP contribution in [0.15, 0.2) is 48.5 Å². The minimum atomic E-state index is -0.780. The first-order valence-corrected chi connectivity index (χ1v) is 10.0. The van der Waals surface area contributed by atoms with E-state index in [0.29, 0.717) is 37.2 Å². The van der Waals surface area contributed by atoms with Crippen molar-refractivity contribution < 1.29 is 18.7 Å². The topological polar surface area (TPSA) is 79.5 Å². The Balaban J connectivity index is 1.53. The van der Waals surface area contributed by atoms with Gasteiger partial charge in [-0.05, 0) is 49.2 Å². The molecule has 0 fully saturated rings. The monoisotopic (exact) mass is 424 g/mol. The average molecular weight is 424 g/mol. The van der Waals surface area contributed by atoms with Gasteiger partial charge in [-0.2, -0.15) is 0 Å². The summed E-state index contributed by atoms with van der Waals surface area (Å²) in [5.41, 5.74) is 1.55. The van der Waals surface area contributed by atoms with Crippen molar-refractivity contribution in [3.05, 3.63) is 77.0 Å². The molecule has 31 heavy (non-hydrogen) atoms. The lowest BCUT2D eigenvalue weighted by molar-refractivity contribution is -0.0394. The smallest absolute Gasteiger partial charge is 0.272 e. The number of methoxy groups -OCH3 is 1. The highest BCUT2D eigenvalue weighted by Crippen LogP contribution is 2.30. The summed E-state index contributed by atoms with van der Waals surface area (Å²) in [4.78, 5) is 22.3. The maximum atomic E-state index is 13.1. The van der Waals surface area contributed by atoms with Crippen LogP contribution >= 0.6 is 0 Å². The van der Waals surface area contributed by atoms with Crippen LogP contribution < -0.4 is 15.0 Å². The van der Waals surface area contributed by atoms with E-state index >= 15 is 0 Å². The molecule has 1 aliphatic rings. The molecule has 1 aliphatic heterocycles. The van der Waals surface area contributed by atoms with Gasteiger partial charge in [0.05, 0.1) is 20.4 Å². The molecule has 0 saturated heterocycles. The minimum Gasteiger partial charge on any atom is -0.497 e. The van der Waals surface area contributed by atoms with Gasteiger partial charge in [0.1, 0.15) is 28.7 Å². The standard InChI is InChI=1S/C23H25FN4O3/c1-23(2,31-13-16-4-8-17(24)9-5-16)22-26-19-20(27-22)28(14-25-21(19)29)12-15-6-10-18(30-3)11-7-15/h4-11H,12-14H2,1-3H3,(H,25,29)(H,26,27). The van der Waals surface area contributed by atoms with Crippen molar-refractivity contribution in [2.24, 2.45) is 0 Å². The predicted molar refractivity (Wildman–Crippen MR) is 114 cm³/mol. The van der Waals surface area contributed by atoms with Crippen molar-refractivity contribution in [2.75, 3.05) is 18.7 Å². The summed E-state index contributed by atoms with van der Waals surface area (Å²) in [5, 5.41) is 2.87. The van der Waals surface area contributed by atoms with E-state index in [1.807, 2.05) is 43.0 Å². The minimum absolute atomic E-state index is 0.200. The van der Waals surface area contributed by atoms with Gasteiger partial charge in [0.2, 0.25) is 0 Å². The van der Waals surface area contributed by atoms with Crippen molar-refractivity contribution in [1.82, 2.24) is 15.3 Å². The summed E-state index contributed by atoms with van der Waals surface area (Å²) in [7, 11) is 1.63. The SMILES string of the molecule is COc1ccc(CN2CNC(=O)c3[nH]c(C(C)(C)OCc4ccc(F)cc4)nc32)cc1. The number of hydrogen-bond acceptors (Lipinski definition) is 5. The Kier molecular flexibility index (Phi) is 5.65.